The highest BCUT2D eigenvalue weighted by atomic mass is 16.3. The molecule has 0 aromatic heterocycles. The molecular weight excluding hydrogens is 320 g/mol. The van der Waals surface area contributed by atoms with Crippen molar-refractivity contribution in [3.8, 4) is 0 Å². The van der Waals surface area contributed by atoms with Crippen LogP contribution in [0.25, 0.3) is 0 Å². The second kappa shape index (κ2) is 7.95. The lowest BCUT2D eigenvalue weighted by molar-refractivity contribution is -0.125. The van der Waals surface area contributed by atoms with E-state index in [1.165, 1.54) is 4.90 Å². The number of aliphatic hydroxyl groups excluding tert-OH is 1. The van der Waals surface area contributed by atoms with E-state index in [0.29, 0.717) is 19.8 Å². The molecule has 0 saturated carbocycles. The van der Waals surface area contributed by atoms with E-state index in [0.717, 1.165) is 31.7 Å². The maximum atomic E-state index is 12.1. The first-order valence-corrected chi connectivity index (χ1v) is 8.85. The fourth-order valence-electron chi connectivity index (χ4n) is 3.40. The second-order valence-electron chi connectivity index (χ2n) is 6.61. The summed E-state index contributed by atoms with van der Waals surface area (Å²) >= 11 is 0. The SMILES string of the molecule is CCN1C(=O)CN(CN2CCN(C[C@H](O)c3ccccc3)CC2)C1=O. The van der Waals surface area contributed by atoms with Crippen LogP contribution in [-0.4, -0.2) is 89.1 Å². The highest BCUT2D eigenvalue weighted by Gasteiger charge is 2.35. The summed E-state index contributed by atoms with van der Waals surface area (Å²) in [6, 6.07) is 9.51. The number of benzene rings is 1. The molecule has 0 spiro atoms. The Labute approximate surface area is 148 Å². The molecule has 2 saturated heterocycles. The van der Waals surface area contributed by atoms with Crippen LogP contribution in [-0.2, 0) is 4.79 Å². The minimum absolute atomic E-state index is 0.114. The molecule has 7 nitrogen and oxygen atoms in total. The number of hydrogen-bond donors (Lipinski definition) is 1. The van der Waals surface area contributed by atoms with Crippen LogP contribution in [0.2, 0.25) is 0 Å². The monoisotopic (exact) mass is 346 g/mol. The third-order valence-corrected chi connectivity index (χ3v) is 4.90. The molecular formula is C18H26N4O3. The summed E-state index contributed by atoms with van der Waals surface area (Å²) in [5.41, 5.74) is 0.936. The van der Waals surface area contributed by atoms with Crippen LogP contribution in [0.4, 0.5) is 4.79 Å². The lowest BCUT2D eigenvalue weighted by Crippen LogP contribution is -2.51. The Hall–Kier alpha value is -1.96. The first-order chi connectivity index (χ1) is 12.1. The molecule has 1 N–H and O–H groups in total. The zero-order valence-corrected chi connectivity index (χ0v) is 14.7. The number of piperazine rings is 1. The molecule has 3 amide bonds. The zero-order valence-electron chi connectivity index (χ0n) is 14.7. The average molecular weight is 346 g/mol. The molecule has 0 unspecified atom stereocenters. The van der Waals surface area contributed by atoms with E-state index in [9.17, 15) is 14.7 Å². The van der Waals surface area contributed by atoms with E-state index >= 15 is 0 Å². The van der Waals surface area contributed by atoms with E-state index in [4.69, 9.17) is 0 Å². The molecule has 1 aromatic carbocycles. The highest BCUT2D eigenvalue weighted by Crippen LogP contribution is 2.16. The maximum Gasteiger partial charge on any atom is 0.328 e. The molecule has 25 heavy (non-hydrogen) atoms. The molecule has 7 heteroatoms. The lowest BCUT2D eigenvalue weighted by atomic mass is 10.1. The van der Waals surface area contributed by atoms with Crippen molar-refractivity contribution in [2.24, 2.45) is 0 Å². The van der Waals surface area contributed by atoms with Gasteiger partial charge in [0.25, 0.3) is 0 Å². The minimum Gasteiger partial charge on any atom is -0.387 e. The third-order valence-electron chi connectivity index (χ3n) is 4.90. The molecule has 0 bridgehead atoms. The number of β-amino-alcohol motifs (C(OH)–C–C–N with tert-alkyl or cyclic N) is 1. The van der Waals surface area contributed by atoms with Crippen LogP contribution < -0.4 is 0 Å². The number of nitrogens with zero attached hydrogens (tertiary/aromatic N) is 4. The fraction of sp³-hybridized carbons (Fsp3) is 0.556. The number of amides is 3. The summed E-state index contributed by atoms with van der Waals surface area (Å²) in [5, 5.41) is 10.3. The van der Waals surface area contributed by atoms with Crippen molar-refractivity contribution in [2.45, 2.75) is 13.0 Å². The van der Waals surface area contributed by atoms with E-state index < -0.39 is 6.10 Å². The number of carbonyl (C=O) groups is 2. The van der Waals surface area contributed by atoms with Gasteiger partial charge in [-0.05, 0) is 12.5 Å². The van der Waals surface area contributed by atoms with Crippen molar-refractivity contribution in [2.75, 3.05) is 52.5 Å². The fourth-order valence-corrected chi connectivity index (χ4v) is 3.40. The predicted molar refractivity (Wildman–Crippen MR) is 93.8 cm³/mol. The van der Waals surface area contributed by atoms with Gasteiger partial charge in [0.15, 0.2) is 0 Å². The summed E-state index contributed by atoms with van der Waals surface area (Å²) in [7, 11) is 0. The van der Waals surface area contributed by atoms with E-state index in [2.05, 4.69) is 9.80 Å². The first-order valence-electron chi connectivity index (χ1n) is 8.85. The second-order valence-corrected chi connectivity index (χ2v) is 6.61. The summed E-state index contributed by atoms with van der Waals surface area (Å²) in [6.45, 7) is 6.87. The van der Waals surface area contributed by atoms with Crippen molar-refractivity contribution in [3.05, 3.63) is 35.9 Å². The molecule has 2 heterocycles. The van der Waals surface area contributed by atoms with Gasteiger partial charge in [-0.25, -0.2) is 4.79 Å². The molecule has 2 aliphatic rings. The number of imide groups is 1. The Kier molecular flexibility index (Phi) is 5.67. The van der Waals surface area contributed by atoms with Gasteiger partial charge in [-0.15, -0.1) is 0 Å². The highest BCUT2D eigenvalue weighted by molar-refractivity contribution is 6.01. The van der Waals surface area contributed by atoms with Crippen molar-refractivity contribution in [3.63, 3.8) is 0 Å². The Morgan fingerprint density at radius 3 is 2.28 bits per heavy atom. The summed E-state index contributed by atoms with van der Waals surface area (Å²) in [5.74, 6) is -0.114. The number of rotatable bonds is 6. The van der Waals surface area contributed by atoms with Gasteiger partial charge in [0.2, 0.25) is 5.91 Å². The van der Waals surface area contributed by atoms with E-state index in [1.807, 2.05) is 37.3 Å². The van der Waals surface area contributed by atoms with Gasteiger partial charge in [-0.1, -0.05) is 30.3 Å². The molecule has 2 aliphatic heterocycles. The van der Waals surface area contributed by atoms with Gasteiger partial charge < -0.3 is 10.0 Å². The van der Waals surface area contributed by atoms with E-state index in [-0.39, 0.29) is 18.5 Å². The maximum absolute atomic E-state index is 12.1. The number of hydrogen-bond acceptors (Lipinski definition) is 5. The van der Waals surface area contributed by atoms with Crippen LogP contribution >= 0.6 is 0 Å². The van der Waals surface area contributed by atoms with Crippen LogP contribution in [0.3, 0.4) is 0 Å². The van der Waals surface area contributed by atoms with Gasteiger partial charge in [-0.2, -0.15) is 0 Å². The number of likely N-dealkylation sites (N-methyl/N-ethyl adjacent to an activating group) is 1. The molecule has 1 aromatic rings. The van der Waals surface area contributed by atoms with Crippen molar-refractivity contribution >= 4 is 11.9 Å². The smallest absolute Gasteiger partial charge is 0.328 e. The molecule has 0 aliphatic carbocycles. The summed E-state index contributed by atoms with van der Waals surface area (Å²) in [4.78, 5) is 31.3. The van der Waals surface area contributed by atoms with Gasteiger partial charge >= 0.3 is 6.03 Å². The standard InChI is InChI=1S/C18H26N4O3/c1-2-22-17(24)13-21(18(22)25)14-20-10-8-19(9-11-20)12-16(23)15-6-4-3-5-7-15/h3-7,16,23H,2,8-14H2,1H3/t16-/m0/s1. The number of carbonyl (C=O) groups excluding carboxylic acids is 2. The number of urea groups is 1. The Balaban J connectivity index is 1.45. The average Bonchev–Trinajstić information content (AvgIpc) is 2.90. The molecule has 0 radical (unpaired) electrons. The Morgan fingerprint density at radius 2 is 1.68 bits per heavy atom. The quantitative estimate of drug-likeness (QED) is 0.763. The molecule has 136 valence electrons. The normalized spacial score (nSPS) is 21.2. The molecule has 3 rings (SSSR count). The lowest BCUT2D eigenvalue weighted by Gasteiger charge is -2.37. The largest absolute Gasteiger partial charge is 0.387 e. The third kappa shape index (κ3) is 4.18. The minimum atomic E-state index is -0.483. The van der Waals surface area contributed by atoms with Crippen molar-refractivity contribution in [1.82, 2.24) is 19.6 Å². The van der Waals surface area contributed by atoms with Crippen LogP contribution in [0.1, 0.15) is 18.6 Å². The van der Waals surface area contributed by atoms with Crippen molar-refractivity contribution < 1.29 is 14.7 Å². The summed E-state index contributed by atoms with van der Waals surface area (Å²) < 4.78 is 0. The van der Waals surface area contributed by atoms with Crippen LogP contribution in [0, 0.1) is 0 Å². The van der Waals surface area contributed by atoms with Gasteiger partial charge in [0.05, 0.1) is 12.8 Å². The molecule has 1 atom stereocenters. The number of aliphatic hydroxyl groups is 1. The van der Waals surface area contributed by atoms with Gasteiger partial charge in [-0.3, -0.25) is 19.5 Å². The van der Waals surface area contributed by atoms with Crippen LogP contribution in [0.15, 0.2) is 30.3 Å². The van der Waals surface area contributed by atoms with Gasteiger partial charge in [0, 0.05) is 39.3 Å². The van der Waals surface area contributed by atoms with Crippen molar-refractivity contribution in [1.29, 1.82) is 0 Å². The molecule has 2 fully saturated rings. The van der Waals surface area contributed by atoms with E-state index in [1.54, 1.807) is 4.90 Å². The zero-order chi connectivity index (χ0) is 17.8. The van der Waals surface area contributed by atoms with Crippen LogP contribution in [0.5, 0.6) is 0 Å². The predicted octanol–water partition coefficient (Wildman–Crippen LogP) is 0.579. The topological polar surface area (TPSA) is 67.3 Å². The Bertz CT molecular complexity index is 602. The Morgan fingerprint density at radius 1 is 1.04 bits per heavy atom. The van der Waals surface area contributed by atoms with Gasteiger partial charge in [0.1, 0.15) is 6.54 Å². The first kappa shape index (κ1) is 17.8. The summed E-state index contributed by atoms with van der Waals surface area (Å²) in [6.07, 6.45) is -0.483.